The fraction of sp³-hybridized carbons (Fsp3) is 0.320. The van der Waals surface area contributed by atoms with Gasteiger partial charge in [0, 0.05) is 63.3 Å². The summed E-state index contributed by atoms with van der Waals surface area (Å²) < 4.78 is 0. The SMILES string of the molecule is O=C(c1ccc(Cc2ccccc2)cc1)N1CC(N2CCN(c3ncccn3)CC2)C1. The maximum absolute atomic E-state index is 12.8. The quantitative estimate of drug-likeness (QED) is 0.644. The number of piperazine rings is 1. The Morgan fingerprint density at radius 3 is 2.13 bits per heavy atom. The molecule has 3 heterocycles. The number of likely N-dealkylation sites (tertiary alicyclic amines) is 1. The summed E-state index contributed by atoms with van der Waals surface area (Å²) in [6.45, 7) is 5.45. The molecule has 0 spiro atoms. The molecule has 0 unspecified atom stereocenters. The Balaban J connectivity index is 1.10. The predicted molar refractivity (Wildman–Crippen MR) is 121 cm³/mol. The van der Waals surface area contributed by atoms with E-state index in [1.165, 1.54) is 11.1 Å². The lowest BCUT2D eigenvalue weighted by atomic mass is 10.0. The summed E-state index contributed by atoms with van der Waals surface area (Å²) in [6.07, 6.45) is 4.47. The topological polar surface area (TPSA) is 52.6 Å². The number of nitrogens with zero attached hydrogens (tertiary/aromatic N) is 5. The van der Waals surface area contributed by atoms with E-state index >= 15 is 0 Å². The van der Waals surface area contributed by atoms with Crippen molar-refractivity contribution in [2.75, 3.05) is 44.2 Å². The zero-order valence-corrected chi connectivity index (χ0v) is 17.6. The third-order valence-electron chi connectivity index (χ3n) is 6.27. The maximum Gasteiger partial charge on any atom is 0.253 e. The summed E-state index contributed by atoms with van der Waals surface area (Å²) in [6, 6.07) is 20.8. The number of hydrogen-bond acceptors (Lipinski definition) is 5. The monoisotopic (exact) mass is 413 g/mol. The number of carbonyl (C=O) groups excluding carboxylic acids is 1. The smallest absolute Gasteiger partial charge is 0.253 e. The van der Waals surface area contributed by atoms with E-state index in [0.29, 0.717) is 6.04 Å². The molecular weight excluding hydrogens is 386 g/mol. The second-order valence-electron chi connectivity index (χ2n) is 8.30. The van der Waals surface area contributed by atoms with Gasteiger partial charge in [-0.05, 0) is 35.7 Å². The molecular formula is C25H27N5O. The highest BCUT2D eigenvalue weighted by molar-refractivity contribution is 5.94. The molecule has 3 aromatic rings. The summed E-state index contributed by atoms with van der Waals surface area (Å²) in [5, 5.41) is 0. The van der Waals surface area contributed by atoms with Gasteiger partial charge in [-0.25, -0.2) is 9.97 Å². The Labute approximate surface area is 183 Å². The third kappa shape index (κ3) is 4.44. The summed E-state index contributed by atoms with van der Waals surface area (Å²) in [7, 11) is 0. The second-order valence-corrected chi connectivity index (χ2v) is 8.30. The van der Waals surface area contributed by atoms with E-state index in [-0.39, 0.29) is 5.91 Å². The van der Waals surface area contributed by atoms with Crippen molar-refractivity contribution in [2.24, 2.45) is 0 Å². The van der Waals surface area contributed by atoms with Crippen LogP contribution in [0.15, 0.2) is 73.1 Å². The van der Waals surface area contributed by atoms with Gasteiger partial charge in [-0.2, -0.15) is 0 Å². The zero-order valence-electron chi connectivity index (χ0n) is 17.6. The molecule has 6 heteroatoms. The van der Waals surface area contributed by atoms with Crippen LogP contribution in [0, 0.1) is 0 Å². The van der Waals surface area contributed by atoms with Crippen molar-refractivity contribution >= 4 is 11.9 Å². The van der Waals surface area contributed by atoms with Gasteiger partial charge in [0.25, 0.3) is 5.91 Å². The van der Waals surface area contributed by atoms with Gasteiger partial charge in [-0.1, -0.05) is 42.5 Å². The molecule has 2 fully saturated rings. The number of benzene rings is 2. The molecule has 0 N–H and O–H groups in total. The Hall–Kier alpha value is -3.25. The van der Waals surface area contributed by atoms with E-state index in [1.807, 2.05) is 29.2 Å². The van der Waals surface area contributed by atoms with E-state index < -0.39 is 0 Å². The first kappa shape index (κ1) is 19.7. The van der Waals surface area contributed by atoms with Gasteiger partial charge < -0.3 is 9.80 Å². The Kier molecular flexibility index (Phi) is 5.63. The van der Waals surface area contributed by atoms with E-state index in [9.17, 15) is 4.79 Å². The molecule has 31 heavy (non-hydrogen) atoms. The van der Waals surface area contributed by atoms with Crippen molar-refractivity contribution in [1.82, 2.24) is 19.8 Å². The van der Waals surface area contributed by atoms with Gasteiger partial charge in [0.1, 0.15) is 0 Å². The normalized spacial score (nSPS) is 17.4. The highest BCUT2D eigenvalue weighted by atomic mass is 16.2. The molecule has 158 valence electrons. The first-order chi connectivity index (χ1) is 15.3. The maximum atomic E-state index is 12.8. The lowest BCUT2D eigenvalue weighted by molar-refractivity contribution is 0.0246. The van der Waals surface area contributed by atoms with Gasteiger partial charge in [0.05, 0.1) is 0 Å². The van der Waals surface area contributed by atoms with Crippen LogP contribution in [0.2, 0.25) is 0 Å². The first-order valence-corrected chi connectivity index (χ1v) is 10.9. The Bertz CT molecular complexity index is 995. The molecule has 0 saturated carbocycles. The molecule has 0 atom stereocenters. The minimum atomic E-state index is 0.138. The minimum absolute atomic E-state index is 0.138. The van der Waals surface area contributed by atoms with E-state index in [2.05, 4.69) is 56.2 Å². The summed E-state index contributed by atoms with van der Waals surface area (Å²) in [5.74, 6) is 0.946. The summed E-state index contributed by atoms with van der Waals surface area (Å²) in [4.78, 5) is 28.2. The molecule has 2 aliphatic heterocycles. The van der Waals surface area contributed by atoms with Crippen LogP contribution in [0.5, 0.6) is 0 Å². The van der Waals surface area contributed by atoms with Crippen molar-refractivity contribution in [3.63, 3.8) is 0 Å². The zero-order chi connectivity index (χ0) is 21.0. The van der Waals surface area contributed by atoms with Crippen molar-refractivity contribution in [3.05, 3.63) is 89.7 Å². The van der Waals surface area contributed by atoms with Crippen LogP contribution in [0.1, 0.15) is 21.5 Å². The lowest BCUT2D eigenvalue weighted by Crippen LogP contribution is -2.64. The van der Waals surface area contributed by atoms with Crippen LogP contribution in [-0.4, -0.2) is 71.0 Å². The predicted octanol–water partition coefficient (Wildman–Crippen LogP) is 2.71. The van der Waals surface area contributed by atoms with E-state index in [4.69, 9.17) is 0 Å². The Morgan fingerprint density at radius 2 is 1.45 bits per heavy atom. The largest absolute Gasteiger partial charge is 0.338 e. The standard InChI is InChI=1S/C25H27N5O/c31-24(22-9-7-21(8-10-22)17-20-5-2-1-3-6-20)30-18-23(19-30)28-13-15-29(16-14-28)25-26-11-4-12-27-25/h1-12,23H,13-19H2. The number of hydrogen-bond donors (Lipinski definition) is 0. The number of carbonyl (C=O) groups is 1. The first-order valence-electron chi connectivity index (χ1n) is 10.9. The molecule has 2 saturated heterocycles. The van der Waals surface area contributed by atoms with Crippen LogP contribution in [-0.2, 0) is 6.42 Å². The number of anilines is 1. The van der Waals surface area contributed by atoms with Gasteiger partial charge in [-0.3, -0.25) is 9.69 Å². The van der Waals surface area contributed by atoms with Crippen LogP contribution < -0.4 is 4.90 Å². The minimum Gasteiger partial charge on any atom is -0.338 e. The summed E-state index contributed by atoms with van der Waals surface area (Å²) >= 11 is 0. The van der Waals surface area contributed by atoms with Crippen molar-refractivity contribution in [1.29, 1.82) is 0 Å². The van der Waals surface area contributed by atoms with Crippen LogP contribution in [0.4, 0.5) is 5.95 Å². The van der Waals surface area contributed by atoms with E-state index in [0.717, 1.165) is 57.2 Å². The van der Waals surface area contributed by atoms with Gasteiger partial charge >= 0.3 is 0 Å². The highest BCUT2D eigenvalue weighted by Crippen LogP contribution is 2.21. The van der Waals surface area contributed by atoms with Crippen LogP contribution in [0.25, 0.3) is 0 Å². The highest BCUT2D eigenvalue weighted by Gasteiger charge is 2.36. The molecule has 0 radical (unpaired) electrons. The van der Waals surface area contributed by atoms with Gasteiger partial charge in [0.2, 0.25) is 5.95 Å². The fourth-order valence-corrected chi connectivity index (χ4v) is 4.37. The number of aromatic nitrogens is 2. The summed E-state index contributed by atoms with van der Waals surface area (Å²) in [5.41, 5.74) is 3.29. The lowest BCUT2D eigenvalue weighted by Gasteiger charge is -2.48. The third-order valence-corrected chi connectivity index (χ3v) is 6.27. The molecule has 0 bridgehead atoms. The molecule has 1 aromatic heterocycles. The average molecular weight is 414 g/mol. The Morgan fingerprint density at radius 1 is 0.806 bits per heavy atom. The van der Waals surface area contributed by atoms with Crippen LogP contribution in [0.3, 0.4) is 0 Å². The van der Waals surface area contributed by atoms with E-state index in [1.54, 1.807) is 12.4 Å². The molecule has 5 rings (SSSR count). The number of rotatable bonds is 5. The molecule has 0 aliphatic carbocycles. The molecule has 1 amide bonds. The van der Waals surface area contributed by atoms with Gasteiger partial charge in [0.15, 0.2) is 0 Å². The molecule has 6 nitrogen and oxygen atoms in total. The number of amides is 1. The molecule has 2 aliphatic rings. The van der Waals surface area contributed by atoms with Crippen LogP contribution >= 0.6 is 0 Å². The van der Waals surface area contributed by atoms with Crippen molar-refractivity contribution in [2.45, 2.75) is 12.5 Å². The van der Waals surface area contributed by atoms with Crippen molar-refractivity contribution in [3.8, 4) is 0 Å². The molecule has 2 aromatic carbocycles. The second kappa shape index (κ2) is 8.86. The van der Waals surface area contributed by atoms with Crippen molar-refractivity contribution < 1.29 is 4.79 Å². The fourth-order valence-electron chi connectivity index (χ4n) is 4.37. The average Bonchev–Trinajstić information content (AvgIpc) is 2.80. The van der Waals surface area contributed by atoms with Gasteiger partial charge in [-0.15, -0.1) is 0 Å².